The molecular weight excluding hydrogens is 334 g/mol. The highest BCUT2D eigenvalue weighted by Gasteiger charge is 2.35. The van der Waals surface area contributed by atoms with Gasteiger partial charge >= 0.3 is 0 Å². The Morgan fingerprint density at radius 3 is 1.88 bits per heavy atom. The van der Waals surface area contributed by atoms with Crippen LogP contribution in [0.3, 0.4) is 0 Å². The molecular formula is C20H31NO3S. The predicted octanol–water partition coefficient (Wildman–Crippen LogP) is 3.18. The van der Waals surface area contributed by atoms with Crippen LogP contribution < -0.4 is 4.72 Å². The van der Waals surface area contributed by atoms with Crippen LogP contribution in [0.1, 0.15) is 44.4 Å². The van der Waals surface area contributed by atoms with Gasteiger partial charge in [0.1, 0.15) is 0 Å². The maximum absolute atomic E-state index is 13.1. The van der Waals surface area contributed by atoms with E-state index in [-0.39, 0.29) is 11.8 Å². The molecule has 1 aromatic rings. The van der Waals surface area contributed by atoms with Gasteiger partial charge in [0.15, 0.2) is 0 Å². The minimum absolute atomic E-state index is 0.0599. The molecule has 25 heavy (non-hydrogen) atoms. The molecule has 0 unspecified atom stereocenters. The van der Waals surface area contributed by atoms with Crippen molar-refractivity contribution in [2.75, 3.05) is 0 Å². The summed E-state index contributed by atoms with van der Waals surface area (Å²) in [6.45, 7) is 13.1. The third kappa shape index (κ3) is 5.07. The molecule has 1 aromatic carbocycles. The second kappa shape index (κ2) is 8.35. The molecule has 0 radical (unpaired) electrons. The van der Waals surface area contributed by atoms with E-state index < -0.39 is 28.1 Å². The monoisotopic (exact) mass is 365 g/mol. The van der Waals surface area contributed by atoms with Crippen LogP contribution in [0.5, 0.6) is 0 Å². The van der Waals surface area contributed by atoms with Crippen LogP contribution in [0.25, 0.3) is 0 Å². The van der Waals surface area contributed by atoms with Crippen molar-refractivity contribution in [3.8, 4) is 12.3 Å². The number of aliphatic hydroxyl groups is 1. The molecule has 0 aliphatic carbocycles. The molecule has 140 valence electrons. The molecule has 2 N–H and O–H groups in total. The first-order chi connectivity index (χ1) is 11.4. The first kappa shape index (κ1) is 21.7. The summed E-state index contributed by atoms with van der Waals surface area (Å²) in [6.07, 6.45) is 4.87. The molecule has 0 aliphatic rings. The van der Waals surface area contributed by atoms with Crippen molar-refractivity contribution in [3.05, 3.63) is 28.8 Å². The second-order valence-electron chi connectivity index (χ2n) is 7.55. The standard InChI is InChI=1S/C20H31NO3S/c1-9-17(19(22)13(4)5)18(12(2)3)21-25(23,24)20-15(7)10-14(6)11-16(20)8/h1,10-13,17-19,21-22H,2-8H3/t17-,18+,19-/m1/s1. The fourth-order valence-electron chi connectivity index (χ4n) is 3.28. The Morgan fingerprint density at radius 1 is 1.04 bits per heavy atom. The van der Waals surface area contributed by atoms with Crippen LogP contribution in [0.4, 0.5) is 0 Å². The van der Waals surface area contributed by atoms with Crippen LogP contribution >= 0.6 is 0 Å². The van der Waals surface area contributed by atoms with Crippen molar-refractivity contribution in [1.82, 2.24) is 4.72 Å². The van der Waals surface area contributed by atoms with Crippen molar-refractivity contribution >= 4 is 10.0 Å². The highest BCUT2D eigenvalue weighted by atomic mass is 32.2. The molecule has 0 aromatic heterocycles. The molecule has 3 atom stereocenters. The molecule has 0 aliphatic heterocycles. The number of hydrogen-bond donors (Lipinski definition) is 2. The minimum atomic E-state index is -3.75. The van der Waals surface area contributed by atoms with Crippen molar-refractivity contribution < 1.29 is 13.5 Å². The largest absolute Gasteiger partial charge is 0.392 e. The van der Waals surface area contributed by atoms with Gasteiger partial charge in [-0.15, -0.1) is 6.42 Å². The van der Waals surface area contributed by atoms with E-state index >= 15 is 0 Å². The first-order valence-electron chi connectivity index (χ1n) is 8.66. The molecule has 0 heterocycles. The molecule has 1 rings (SSSR count). The lowest BCUT2D eigenvalue weighted by molar-refractivity contribution is 0.0670. The molecule has 5 heteroatoms. The van der Waals surface area contributed by atoms with E-state index in [9.17, 15) is 13.5 Å². The number of sulfonamides is 1. The fraction of sp³-hybridized carbons (Fsp3) is 0.600. The third-order valence-electron chi connectivity index (χ3n) is 4.51. The summed E-state index contributed by atoms with van der Waals surface area (Å²) in [5, 5.41) is 10.4. The molecule has 0 bridgehead atoms. The van der Waals surface area contributed by atoms with E-state index in [2.05, 4.69) is 10.6 Å². The summed E-state index contributed by atoms with van der Waals surface area (Å²) < 4.78 is 28.9. The molecule has 0 spiro atoms. The second-order valence-corrected chi connectivity index (χ2v) is 9.20. The van der Waals surface area contributed by atoms with E-state index in [1.807, 2.05) is 46.8 Å². The van der Waals surface area contributed by atoms with Crippen LogP contribution in [0, 0.1) is 50.9 Å². The Kier molecular flexibility index (Phi) is 7.25. The van der Waals surface area contributed by atoms with E-state index in [0.29, 0.717) is 16.0 Å². The van der Waals surface area contributed by atoms with Crippen LogP contribution in [0.15, 0.2) is 17.0 Å². The number of terminal acetylenes is 1. The lowest BCUT2D eigenvalue weighted by atomic mass is 9.83. The number of aliphatic hydroxyl groups excluding tert-OH is 1. The van der Waals surface area contributed by atoms with Crippen LogP contribution in [-0.4, -0.2) is 25.7 Å². The van der Waals surface area contributed by atoms with E-state index in [1.54, 1.807) is 13.8 Å². The Labute approximate surface area is 153 Å². The van der Waals surface area contributed by atoms with Gasteiger partial charge in [-0.3, -0.25) is 0 Å². The van der Waals surface area contributed by atoms with E-state index in [1.165, 1.54) is 0 Å². The summed E-state index contributed by atoms with van der Waals surface area (Å²) >= 11 is 0. The van der Waals surface area contributed by atoms with Crippen LogP contribution in [0.2, 0.25) is 0 Å². The Hall–Kier alpha value is -1.35. The smallest absolute Gasteiger partial charge is 0.241 e. The predicted molar refractivity (Wildman–Crippen MR) is 103 cm³/mol. The number of nitrogens with one attached hydrogen (secondary N) is 1. The van der Waals surface area contributed by atoms with Gasteiger partial charge in [-0.2, -0.15) is 0 Å². The molecule has 0 amide bonds. The minimum Gasteiger partial charge on any atom is -0.392 e. The van der Waals surface area contributed by atoms with Gasteiger partial charge in [0.25, 0.3) is 0 Å². The number of hydrogen-bond acceptors (Lipinski definition) is 3. The summed E-state index contributed by atoms with van der Waals surface area (Å²) in [6, 6.07) is 3.16. The van der Waals surface area contributed by atoms with Crippen molar-refractivity contribution in [1.29, 1.82) is 0 Å². The SMILES string of the molecule is C#C[C@@H]([C@H](O)C(C)C)[C@@H](NS(=O)(=O)c1c(C)cc(C)cc1C)C(C)C. The van der Waals surface area contributed by atoms with Gasteiger partial charge in [0.05, 0.1) is 16.9 Å². The van der Waals surface area contributed by atoms with E-state index in [4.69, 9.17) is 6.42 Å². The Morgan fingerprint density at radius 2 is 1.52 bits per heavy atom. The summed E-state index contributed by atoms with van der Waals surface area (Å²) in [4.78, 5) is 0.290. The average molecular weight is 366 g/mol. The summed E-state index contributed by atoms with van der Waals surface area (Å²) in [5.41, 5.74) is 2.43. The maximum Gasteiger partial charge on any atom is 0.241 e. The topological polar surface area (TPSA) is 66.4 Å². The normalized spacial score (nSPS) is 15.9. The highest BCUT2D eigenvalue weighted by Crippen LogP contribution is 2.26. The lowest BCUT2D eigenvalue weighted by Gasteiger charge is -2.32. The van der Waals surface area contributed by atoms with Crippen LogP contribution in [-0.2, 0) is 10.0 Å². The zero-order chi connectivity index (χ0) is 19.5. The van der Waals surface area contributed by atoms with Gasteiger partial charge in [0.2, 0.25) is 10.0 Å². The first-order valence-corrected chi connectivity index (χ1v) is 10.1. The quantitative estimate of drug-likeness (QED) is 0.729. The molecule has 4 nitrogen and oxygen atoms in total. The van der Waals surface area contributed by atoms with Gasteiger partial charge in [-0.05, 0) is 43.7 Å². The number of benzene rings is 1. The number of aryl methyl sites for hydroxylation is 3. The zero-order valence-electron chi connectivity index (χ0n) is 16.3. The Bertz CT molecular complexity index is 722. The third-order valence-corrected chi connectivity index (χ3v) is 6.28. The lowest BCUT2D eigenvalue weighted by Crippen LogP contribution is -2.48. The Balaban J connectivity index is 3.33. The number of rotatable bonds is 7. The summed E-state index contributed by atoms with van der Waals surface area (Å²) in [7, 11) is -3.75. The highest BCUT2D eigenvalue weighted by molar-refractivity contribution is 7.89. The van der Waals surface area contributed by atoms with Crippen molar-refractivity contribution in [3.63, 3.8) is 0 Å². The molecule has 0 fully saturated rings. The molecule has 0 saturated carbocycles. The van der Waals surface area contributed by atoms with Gasteiger partial charge < -0.3 is 5.11 Å². The van der Waals surface area contributed by atoms with Crippen molar-refractivity contribution in [2.24, 2.45) is 17.8 Å². The van der Waals surface area contributed by atoms with Gasteiger partial charge in [-0.25, -0.2) is 13.1 Å². The fourth-order valence-corrected chi connectivity index (χ4v) is 5.14. The van der Waals surface area contributed by atoms with E-state index in [0.717, 1.165) is 5.56 Å². The molecule has 0 saturated heterocycles. The van der Waals surface area contributed by atoms with Crippen molar-refractivity contribution in [2.45, 2.75) is 65.5 Å². The average Bonchev–Trinajstić information content (AvgIpc) is 2.44. The zero-order valence-corrected chi connectivity index (χ0v) is 17.1. The van der Waals surface area contributed by atoms with Gasteiger partial charge in [-0.1, -0.05) is 51.3 Å². The maximum atomic E-state index is 13.1. The van der Waals surface area contributed by atoms with Gasteiger partial charge in [0, 0.05) is 6.04 Å². The summed E-state index contributed by atoms with van der Waals surface area (Å²) in [5.74, 6) is 1.88.